The number of hydrogen-bond acceptors (Lipinski definition) is 5. The molecule has 34 heavy (non-hydrogen) atoms. The average molecular weight is 500 g/mol. The van der Waals surface area contributed by atoms with E-state index in [0.717, 1.165) is 40.4 Å². The number of piperazine rings is 1. The molecular formula is C24H23ClFN5O2S. The number of fused-ring (bicyclic) bond motifs is 1. The number of benzene rings is 2. The van der Waals surface area contributed by atoms with Gasteiger partial charge in [0.25, 0.3) is 0 Å². The van der Waals surface area contributed by atoms with E-state index >= 15 is 0 Å². The molecule has 10 heteroatoms. The minimum atomic E-state index is -3.75. The van der Waals surface area contributed by atoms with Crippen molar-refractivity contribution >= 4 is 32.8 Å². The third kappa shape index (κ3) is 4.32. The molecule has 0 spiro atoms. The van der Waals surface area contributed by atoms with Crippen LogP contribution in [0.15, 0.2) is 65.7 Å². The molecule has 3 heterocycles. The minimum absolute atomic E-state index is 0.000311. The maximum Gasteiger partial charge on any atom is 0.243 e. The smallest absolute Gasteiger partial charge is 0.243 e. The van der Waals surface area contributed by atoms with Crippen molar-refractivity contribution in [1.29, 1.82) is 0 Å². The van der Waals surface area contributed by atoms with E-state index < -0.39 is 15.8 Å². The molecule has 1 saturated heterocycles. The summed E-state index contributed by atoms with van der Waals surface area (Å²) in [5, 5.41) is -0.205. The Bertz CT molecular complexity index is 1470. The molecular weight excluding hydrogens is 477 g/mol. The van der Waals surface area contributed by atoms with Gasteiger partial charge in [0.15, 0.2) is 5.65 Å². The van der Waals surface area contributed by atoms with Crippen LogP contribution in [0.4, 0.5) is 4.39 Å². The molecule has 0 radical (unpaired) electrons. The predicted molar refractivity (Wildman–Crippen MR) is 129 cm³/mol. The second-order valence-electron chi connectivity index (χ2n) is 8.30. The third-order valence-electron chi connectivity index (χ3n) is 5.97. The van der Waals surface area contributed by atoms with Gasteiger partial charge in [-0.3, -0.25) is 9.47 Å². The van der Waals surface area contributed by atoms with Crippen LogP contribution in [0, 0.1) is 12.7 Å². The largest absolute Gasteiger partial charge is 0.293 e. The first-order valence-corrected chi connectivity index (χ1v) is 12.7. The standard InChI is InChI=1S/C24H23ClFN5O2S/c1-17-4-2-5-18(14-17)31-23(28-22-6-3-9-27-24(22)31)16-29-10-12-30(13-11-29)34(32,33)19-7-8-21(26)20(25)15-19/h2-9,14-15H,10-13,16H2,1H3. The van der Waals surface area contributed by atoms with Gasteiger partial charge in [-0.15, -0.1) is 0 Å². The first-order valence-electron chi connectivity index (χ1n) is 10.9. The lowest BCUT2D eigenvalue weighted by Gasteiger charge is -2.33. The van der Waals surface area contributed by atoms with Crippen molar-refractivity contribution < 1.29 is 12.8 Å². The average Bonchev–Trinajstić information content (AvgIpc) is 3.19. The Hall–Kier alpha value is -2.85. The fraction of sp³-hybridized carbons (Fsp3) is 0.250. The molecule has 0 N–H and O–H groups in total. The molecule has 176 valence electrons. The maximum absolute atomic E-state index is 13.5. The Labute approximate surface area is 202 Å². The van der Waals surface area contributed by atoms with Gasteiger partial charge in [-0.05, 0) is 55.0 Å². The van der Waals surface area contributed by atoms with Crippen molar-refractivity contribution in [3.63, 3.8) is 0 Å². The van der Waals surface area contributed by atoms with Crippen molar-refractivity contribution in [3.8, 4) is 5.69 Å². The van der Waals surface area contributed by atoms with Crippen LogP contribution in [0.5, 0.6) is 0 Å². The van der Waals surface area contributed by atoms with Crippen LogP contribution in [0.3, 0.4) is 0 Å². The molecule has 0 unspecified atom stereocenters. The molecule has 0 atom stereocenters. The summed E-state index contributed by atoms with van der Waals surface area (Å²) < 4.78 is 43.0. The third-order valence-corrected chi connectivity index (χ3v) is 8.15. The van der Waals surface area contributed by atoms with E-state index in [1.165, 1.54) is 10.4 Å². The minimum Gasteiger partial charge on any atom is -0.293 e. The predicted octanol–water partition coefficient (Wildman–Crippen LogP) is 4.03. The van der Waals surface area contributed by atoms with Crippen LogP contribution in [0.25, 0.3) is 16.9 Å². The van der Waals surface area contributed by atoms with Crippen LogP contribution in [-0.2, 0) is 16.6 Å². The molecule has 0 aliphatic carbocycles. The molecule has 7 nitrogen and oxygen atoms in total. The molecule has 0 saturated carbocycles. The number of nitrogens with zero attached hydrogens (tertiary/aromatic N) is 5. The Kier molecular flexibility index (Phi) is 6.11. The van der Waals surface area contributed by atoms with Gasteiger partial charge in [-0.25, -0.2) is 22.8 Å². The van der Waals surface area contributed by atoms with Crippen molar-refractivity contribution in [1.82, 2.24) is 23.7 Å². The lowest BCUT2D eigenvalue weighted by molar-refractivity contribution is 0.177. The highest BCUT2D eigenvalue weighted by Gasteiger charge is 2.29. The van der Waals surface area contributed by atoms with Gasteiger partial charge in [-0.1, -0.05) is 23.7 Å². The molecule has 2 aromatic heterocycles. The summed E-state index contributed by atoms with van der Waals surface area (Å²) in [7, 11) is -3.75. The first kappa shape index (κ1) is 22.9. The van der Waals surface area contributed by atoms with E-state index in [1.54, 1.807) is 6.20 Å². The van der Waals surface area contributed by atoms with Crippen molar-refractivity contribution in [2.45, 2.75) is 18.4 Å². The lowest BCUT2D eigenvalue weighted by Crippen LogP contribution is -2.48. The number of pyridine rings is 1. The highest BCUT2D eigenvalue weighted by molar-refractivity contribution is 7.89. The van der Waals surface area contributed by atoms with Crippen LogP contribution in [-0.4, -0.2) is 58.3 Å². The Morgan fingerprint density at radius 3 is 2.56 bits per heavy atom. The zero-order chi connectivity index (χ0) is 23.9. The first-order chi connectivity index (χ1) is 16.3. The second kappa shape index (κ2) is 9.07. The van der Waals surface area contributed by atoms with Crippen LogP contribution in [0.2, 0.25) is 5.02 Å². The molecule has 0 amide bonds. The molecule has 0 bridgehead atoms. The van der Waals surface area contributed by atoms with E-state index in [0.29, 0.717) is 32.7 Å². The van der Waals surface area contributed by atoms with Gasteiger partial charge >= 0.3 is 0 Å². The summed E-state index contributed by atoms with van der Waals surface area (Å²) in [4.78, 5) is 11.5. The maximum atomic E-state index is 13.5. The van der Waals surface area contributed by atoms with Crippen molar-refractivity contribution in [2.24, 2.45) is 0 Å². The normalized spacial score (nSPS) is 15.7. The Morgan fingerprint density at radius 2 is 1.82 bits per heavy atom. The van der Waals surface area contributed by atoms with Crippen LogP contribution < -0.4 is 0 Å². The second-order valence-corrected chi connectivity index (χ2v) is 10.6. The highest BCUT2D eigenvalue weighted by Crippen LogP contribution is 2.25. The number of hydrogen-bond donors (Lipinski definition) is 0. The summed E-state index contributed by atoms with van der Waals surface area (Å²) in [6, 6.07) is 15.5. The van der Waals surface area contributed by atoms with E-state index in [1.807, 2.05) is 37.3 Å². The summed E-state index contributed by atoms with van der Waals surface area (Å²) >= 11 is 5.80. The quantitative estimate of drug-likeness (QED) is 0.414. The zero-order valence-corrected chi connectivity index (χ0v) is 20.1. The van der Waals surface area contributed by atoms with Crippen molar-refractivity contribution in [2.75, 3.05) is 26.2 Å². The van der Waals surface area contributed by atoms with E-state index in [-0.39, 0.29) is 9.92 Å². The van der Waals surface area contributed by atoms with Gasteiger partial charge in [0, 0.05) is 38.1 Å². The molecule has 2 aromatic carbocycles. The highest BCUT2D eigenvalue weighted by atomic mass is 35.5. The Balaban J connectivity index is 1.37. The fourth-order valence-corrected chi connectivity index (χ4v) is 5.91. The van der Waals surface area contributed by atoms with Crippen LogP contribution in [0.1, 0.15) is 11.4 Å². The lowest BCUT2D eigenvalue weighted by atomic mass is 10.2. The number of aryl methyl sites for hydroxylation is 1. The SMILES string of the molecule is Cc1cccc(-n2c(CN3CCN(S(=O)(=O)c4ccc(F)c(Cl)c4)CC3)nc3cccnc32)c1. The number of imidazole rings is 1. The number of halogens is 2. The molecule has 4 aromatic rings. The van der Waals surface area contributed by atoms with E-state index in [9.17, 15) is 12.8 Å². The monoisotopic (exact) mass is 499 g/mol. The number of aromatic nitrogens is 3. The molecule has 1 aliphatic heterocycles. The summed E-state index contributed by atoms with van der Waals surface area (Å²) in [6.07, 6.45) is 1.76. The summed E-state index contributed by atoms with van der Waals surface area (Å²) in [6.45, 7) is 4.32. The van der Waals surface area contributed by atoms with Gasteiger partial charge < -0.3 is 0 Å². The van der Waals surface area contributed by atoms with Gasteiger partial charge in [0.2, 0.25) is 10.0 Å². The van der Waals surface area contributed by atoms with E-state index in [2.05, 4.69) is 20.5 Å². The Morgan fingerprint density at radius 1 is 1.03 bits per heavy atom. The summed E-state index contributed by atoms with van der Waals surface area (Å²) in [5.41, 5.74) is 3.73. The molecule has 1 aliphatic rings. The van der Waals surface area contributed by atoms with Crippen molar-refractivity contribution in [3.05, 3.63) is 83.0 Å². The fourth-order valence-electron chi connectivity index (χ4n) is 4.22. The van der Waals surface area contributed by atoms with Gasteiger partial charge in [-0.2, -0.15) is 4.31 Å². The van der Waals surface area contributed by atoms with Gasteiger partial charge in [0.1, 0.15) is 17.2 Å². The summed E-state index contributed by atoms with van der Waals surface area (Å²) in [5.74, 6) is 0.206. The number of rotatable bonds is 5. The zero-order valence-electron chi connectivity index (χ0n) is 18.5. The topological polar surface area (TPSA) is 71.3 Å². The van der Waals surface area contributed by atoms with E-state index in [4.69, 9.17) is 16.6 Å². The molecule has 1 fully saturated rings. The van der Waals surface area contributed by atoms with Gasteiger partial charge in [0.05, 0.1) is 16.5 Å². The molecule has 5 rings (SSSR count). The van der Waals surface area contributed by atoms with Crippen LogP contribution >= 0.6 is 11.6 Å². The number of sulfonamides is 1.